The van der Waals surface area contributed by atoms with E-state index < -0.39 is 0 Å². The quantitative estimate of drug-likeness (QED) is 0.830. The molecular weight excluding hydrogens is 282 g/mol. The van der Waals surface area contributed by atoms with E-state index in [2.05, 4.69) is 15.3 Å². The second-order valence-electron chi connectivity index (χ2n) is 5.88. The number of nitrogens with zero attached hydrogens (tertiary/aromatic N) is 4. The van der Waals surface area contributed by atoms with Crippen molar-refractivity contribution in [3.05, 3.63) is 18.0 Å². The largest absolute Gasteiger partial charge is 0.359 e. The van der Waals surface area contributed by atoms with Gasteiger partial charge in [-0.25, -0.2) is 0 Å². The van der Waals surface area contributed by atoms with Crippen LogP contribution in [0.1, 0.15) is 12.1 Å². The summed E-state index contributed by atoms with van der Waals surface area (Å²) in [6.45, 7) is 5.13. The molecule has 122 valence electrons. The van der Waals surface area contributed by atoms with Crippen LogP contribution in [-0.2, 0) is 16.1 Å². The Kier molecular flexibility index (Phi) is 5.54. The van der Waals surface area contributed by atoms with Gasteiger partial charge in [-0.2, -0.15) is 5.10 Å². The topological polar surface area (TPSA) is 70.5 Å². The molecule has 2 rings (SSSR count). The zero-order valence-electron chi connectivity index (χ0n) is 13.6. The molecule has 7 heteroatoms. The summed E-state index contributed by atoms with van der Waals surface area (Å²) in [7, 11) is 3.62. The van der Waals surface area contributed by atoms with Gasteiger partial charge in [-0.1, -0.05) is 0 Å². The molecule has 0 bridgehead atoms. The third-order valence-corrected chi connectivity index (χ3v) is 4.02. The molecular formula is C15H25N5O2. The summed E-state index contributed by atoms with van der Waals surface area (Å²) in [6, 6.07) is 1.92. The van der Waals surface area contributed by atoms with Crippen molar-refractivity contribution in [2.75, 3.05) is 40.3 Å². The number of carbonyl (C=O) groups is 2. The van der Waals surface area contributed by atoms with Gasteiger partial charge < -0.3 is 15.1 Å². The van der Waals surface area contributed by atoms with Gasteiger partial charge in [0.15, 0.2) is 0 Å². The van der Waals surface area contributed by atoms with Gasteiger partial charge in [0.2, 0.25) is 11.8 Å². The van der Waals surface area contributed by atoms with E-state index in [-0.39, 0.29) is 17.7 Å². The average molecular weight is 307 g/mol. The summed E-state index contributed by atoms with van der Waals surface area (Å²) in [6.07, 6.45) is 2.29. The highest BCUT2D eigenvalue weighted by Crippen LogP contribution is 2.10. The summed E-state index contributed by atoms with van der Waals surface area (Å²) in [5.41, 5.74) is 0.948. The minimum atomic E-state index is -0.173. The van der Waals surface area contributed by atoms with Crippen LogP contribution in [0.4, 0.5) is 0 Å². The van der Waals surface area contributed by atoms with E-state index in [1.165, 1.54) is 0 Å². The highest BCUT2D eigenvalue weighted by Gasteiger charge is 2.28. The number of hydrogen-bond donors (Lipinski definition) is 1. The van der Waals surface area contributed by atoms with Crippen LogP contribution in [0.3, 0.4) is 0 Å². The molecule has 1 saturated heterocycles. The number of aromatic nitrogens is 2. The molecule has 1 aliphatic rings. The van der Waals surface area contributed by atoms with Crippen LogP contribution < -0.4 is 5.32 Å². The van der Waals surface area contributed by atoms with Gasteiger partial charge in [0.1, 0.15) is 0 Å². The number of aryl methyl sites for hydroxylation is 2. The fourth-order valence-electron chi connectivity index (χ4n) is 2.73. The van der Waals surface area contributed by atoms with Crippen molar-refractivity contribution in [1.29, 1.82) is 0 Å². The lowest BCUT2D eigenvalue weighted by Crippen LogP contribution is -2.41. The van der Waals surface area contributed by atoms with Crippen molar-refractivity contribution in [3.63, 3.8) is 0 Å². The van der Waals surface area contributed by atoms with Gasteiger partial charge in [-0.15, -0.1) is 0 Å². The lowest BCUT2D eigenvalue weighted by molar-refractivity contribution is -0.133. The standard InChI is InChI=1S/C15H25N5O2/c1-12-4-6-20(17-12)7-5-14(21)19-9-8-18(3)10-13(11-19)15(22)16-2/h4,6,13H,5,7-11H2,1-3H3,(H,16,22)/t13-/m0/s1. The second kappa shape index (κ2) is 7.40. The Bertz CT molecular complexity index is 528. The third kappa shape index (κ3) is 4.30. The molecule has 1 N–H and O–H groups in total. The lowest BCUT2D eigenvalue weighted by atomic mass is 10.1. The first kappa shape index (κ1) is 16.5. The maximum absolute atomic E-state index is 12.4. The predicted octanol–water partition coefficient (Wildman–Crippen LogP) is -0.282. The lowest BCUT2D eigenvalue weighted by Gasteiger charge is -2.23. The molecule has 7 nitrogen and oxygen atoms in total. The summed E-state index contributed by atoms with van der Waals surface area (Å²) < 4.78 is 1.79. The van der Waals surface area contributed by atoms with E-state index in [1.54, 1.807) is 16.6 Å². The average Bonchev–Trinajstić information content (AvgIpc) is 2.81. The molecule has 0 radical (unpaired) electrons. The highest BCUT2D eigenvalue weighted by molar-refractivity contribution is 5.81. The molecule has 1 atom stereocenters. The van der Waals surface area contributed by atoms with E-state index in [0.717, 1.165) is 12.2 Å². The van der Waals surface area contributed by atoms with Gasteiger partial charge >= 0.3 is 0 Å². The molecule has 1 fully saturated rings. The Labute approximate surface area is 131 Å². The van der Waals surface area contributed by atoms with Crippen molar-refractivity contribution in [2.45, 2.75) is 19.9 Å². The van der Waals surface area contributed by atoms with Gasteiger partial charge in [-0.3, -0.25) is 14.3 Å². The zero-order chi connectivity index (χ0) is 16.1. The highest BCUT2D eigenvalue weighted by atomic mass is 16.2. The SMILES string of the molecule is CNC(=O)[C@H]1CN(C)CCN(C(=O)CCn2ccc(C)n2)C1. The van der Waals surface area contributed by atoms with Crippen molar-refractivity contribution in [3.8, 4) is 0 Å². The first-order valence-corrected chi connectivity index (χ1v) is 7.67. The maximum atomic E-state index is 12.4. The van der Waals surface area contributed by atoms with Gasteiger partial charge in [0, 0.05) is 52.4 Å². The van der Waals surface area contributed by atoms with Crippen molar-refractivity contribution in [1.82, 2.24) is 24.9 Å². The third-order valence-electron chi connectivity index (χ3n) is 4.02. The smallest absolute Gasteiger partial charge is 0.225 e. The van der Waals surface area contributed by atoms with Gasteiger partial charge in [0.25, 0.3) is 0 Å². The summed E-state index contributed by atoms with van der Waals surface area (Å²) in [5.74, 6) is -0.0972. The van der Waals surface area contributed by atoms with Crippen LogP contribution in [-0.4, -0.2) is 71.7 Å². The predicted molar refractivity (Wildman–Crippen MR) is 83.2 cm³/mol. The van der Waals surface area contributed by atoms with E-state index >= 15 is 0 Å². The molecule has 0 aliphatic carbocycles. The molecule has 1 aromatic heterocycles. The number of hydrogen-bond acceptors (Lipinski definition) is 4. The molecule has 0 aromatic carbocycles. The fourth-order valence-corrected chi connectivity index (χ4v) is 2.73. The Balaban J connectivity index is 1.93. The number of nitrogens with one attached hydrogen (secondary N) is 1. The van der Waals surface area contributed by atoms with Crippen LogP contribution >= 0.6 is 0 Å². The molecule has 22 heavy (non-hydrogen) atoms. The normalized spacial score (nSPS) is 19.8. The van der Waals surface area contributed by atoms with Crippen molar-refractivity contribution in [2.24, 2.45) is 5.92 Å². The number of amides is 2. The minimum Gasteiger partial charge on any atom is -0.359 e. The summed E-state index contributed by atoms with van der Waals surface area (Å²) in [5, 5.41) is 6.97. The molecule has 0 unspecified atom stereocenters. The molecule has 2 heterocycles. The summed E-state index contributed by atoms with van der Waals surface area (Å²) in [4.78, 5) is 28.3. The molecule has 0 spiro atoms. The Morgan fingerprint density at radius 1 is 1.36 bits per heavy atom. The van der Waals surface area contributed by atoms with E-state index in [9.17, 15) is 9.59 Å². The van der Waals surface area contributed by atoms with Crippen LogP contribution in [0.2, 0.25) is 0 Å². The molecule has 2 amide bonds. The van der Waals surface area contributed by atoms with E-state index in [0.29, 0.717) is 32.6 Å². The second-order valence-corrected chi connectivity index (χ2v) is 5.88. The van der Waals surface area contributed by atoms with Crippen molar-refractivity contribution >= 4 is 11.8 Å². The summed E-state index contributed by atoms with van der Waals surface area (Å²) >= 11 is 0. The van der Waals surface area contributed by atoms with Crippen LogP contribution in [0, 0.1) is 12.8 Å². The Morgan fingerprint density at radius 2 is 2.14 bits per heavy atom. The van der Waals surface area contributed by atoms with Crippen LogP contribution in [0.5, 0.6) is 0 Å². The Morgan fingerprint density at radius 3 is 2.77 bits per heavy atom. The van der Waals surface area contributed by atoms with Crippen LogP contribution in [0.25, 0.3) is 0 Å². The number of likely N-dealkylation sites (N-methyl/N-ethyl adjacent to an activating group) is 1. The first-order chi connectivity index (χ1) is 10.5. The zero-order valence-corrected chi connectivity index (χ0v) is 13.6. The monoisotopic (exact) mass is 307 g/mol. The van der Waals surface area contributed by atoms with Gasteiger partial charge in [0.05, 0.1) is 11.6 Å². The minimum absolute atomic E-state index is 0.00532. The van der Waals surface area contributed by atoms with E-state index in [4.69, 9.17) is 0 Å². The van der Waals surface area contributed by atoms with Crippen molar-refractivity contribution < 1.29 is 9.59 Å². The van der Waals surface area contributed by atoms with E-state index in [1.807, 2.05) is 26.2 Å². The number of carbonyl (C=O) groups excluding carboxylic acids is 2. The van der Waals surface area contributed by atoms with Crippen LogP contribution in [0.15, 0.2) is 12.3 Å². The molecule has 1 aromatic rings. The van der Waals surface area contributed by atoms with Gasteiger partial charge in [-0.05, 0) is 20.0 Å². The molecule has 1 aliphatic heterocycles. The molecule has 0 saturated carbocycles. The maximum Gasteiger partial charge on any atom is 0.225 e. The fraction of sp³-hybridized carbons (Fsp3) is 0.667. The first-order valence-electron chi connectivity index (χ1n) is 7.67. The number of rotatable bonds is 4. The Hall–Kier alpha value is -1.89.